The molecule has 0 radical (unpaired) electrons. The molecule has 30 heavy (non-hydrogen) atoms. The maximum absolute atomic E-state index is 12.9. The van der Waals surface area contributed by atoms with Crippen LogP contribution in [-0.2, 0) is 29.9 Å². The fourth-order valence-electron chi connectivity index (χ4n) is 3.72. The second kappa shape index (κ2) is 7.26. The van der Waals surface area contributed by atoms with Gasteiger partial charge in [0.1, 0.15) is 16.1 Å². The molecule has 4 heterocycles. The molecular weight excluding hydrogens is 439 g/mol. The summed E-state index contributed by atoms with van der Waals surface area (Å²) >= 11 is -0.268. The topological polar surface area (TPSA) is 82.7 Å². The lowest BCUT2D eigenvalue weighted by Crippen LogP contribution is -2.20. The molecule has 4 rings (SSSR count). The van der Waals surface area contributed by atoms with Crippen molar-refractivity contribution in [2.45, 2.75) is 48.5 Å². The molecule has 1 aliphatic heterocycles. The summed E-state index contributed by atoms with van der Waals surface area (Å²) in [6.45, 7) is 4.26. The Bertz CT molecular complexity index is 1230. The third kappa shape index (κ3) is 3.70. The van der Waals surface area contributed by atoms with E-state index < -0.39 is 15.3 Å². The van der Waals surface area contributed by atoms with Gasteiger partial charge in [0.25, 0.3) is 0 Å². The summed E-state index contributed by atoms with van der Waals surface area (Å²) in [5.74, 6) is 0.558. The number of sulfone groups is 1. The first-order valence-electron chi connectivity index (χ1n) is 9.41. The number of pyridine rings is 1. The molecule has 0 aliphatic carbocycles. The molecule has 3 aromatic heterocycles. The predicted molar refractivity (Wildman–Crippen MR) is 107 cm³/mol. The Morgan fingerprint density at radius 1 is 1.33 bits per heavy atom. The van der Waals surface area contributed by atoms with Crippen LogP contribution < -0.4 is 0 Å². The van der Waals surface area contributed by atoms with E-state index in [1.165, 1.54) is 6.07 Å². The Kier molecular flexibility index (Phi) is 5.12. The van der Waals surface area contributed by atoms with Crippen molar-refractivity contribution in [2.75, 3.05) is 5.75 Å². The van der Waals surface area contributed by atoms with Gasteiger partial charge < -0.3 is 4.57 Å². The van der Waals surface area contributed by atoms with Crippen LogP contribution in [0, 0.1) is 5.92 Å². The minimum Gasteiger partial charge on any atom is -0.310 e. The Balaban J connectivity index is 1.91. The number of aromatic nitrogens is 5. The highest BCUT2D eigenvalue weighted by Gasteiger charge is 2.33. The molecule has 0 fully saturated rings. The second-order valence-electron chi connectivity index (χ2n) is 7.41. The van der Waals surface area contributed by atoms with Crippen molar-refractivity contribution in [1.82, 2.24) is 24.3 Å². The third-order valence-corrected chi connectivity index (χ3v) is 7.69. The zero-order chi connectivity index (χ0) is 21.8. The lowest BCUT2D eigenvalue weighted by atomic mass is 10.0. The second-order valence-corrected chi connectivity index (χ2v) is 10.8. The maximum Gasteiger partial charge on any atom is 0.446 e. The van der Waals surface area contributed by atoms with Crippen molar-refractivity contribution < 1.29 is 21.6 Å². The first kappa shape index (κ1) is 21.2. The van der Waals surface area contributed by atoms with E-state index >= 15 is 0 Å². The van der Waals surface area contributed by atoms with Crippen LogP contribution in [0.3, 0.4) is 0 Å². The molecule has 7 nitrogen and oxygen atoms in total. The average molecular weight is 460 g/mol. The van der Waals surface area contributed by atoms with Crippen LogP contribution in [0.1, 0.15) is 26.0 Å². The van der Waals surface area contributed by atoms with Gasteiger partial charge in [0.05, 0.1) is 11.4 Å². The van der Waals surface area contributed by atoms with Crippen LogP contribution in [0.2, 0.25) is 0 Å². The standard InChI is InChI=1S/C18H20F3N5O2S2/c1-4-30(27,28)15-13-6-5-10(2)9-26(13)24-14(15)17-23-12-7-11(29-18(19,20)21)8-22-16(12)25(17)3/h7-8,10H,4-6,9H2,1-3H3. The zero-order valence-corrected chi connectivity index (χ0v) is 18.2. The Hall–Kier alpha value is -2.08. The number of nitrogens with zero attached hydrogens (tertiary/aromatic N) is 5. The summed E-state index contributed by atoms with van der Waals surface area (Å²) in [6.07, 6.45) is 2.59. The van der Waals surface area contributed by atoms with Crippen molar-refractivity contribution in [2.24, 2.45) is 13.0 Å². The molecule has 0 spiro atoms. The Morgan fingerprint density at radius 2 is 2.07 bits per heavy atom. The average Bonchev–Trinajstić information content (AvgIpc) is 3.18. The highest BCUT2D eigenvalue weighted by atomic mass is 32.2. The van der Waals surface area contributed by atoms with Gasteiger partial charge in [-0.1, -0.05) is 13.8 Å². The SMILES string of the molecule is CCS(=O)(=O)c1c(-c2nc3cc(SC(F)(F)F)cnc3n2C)nn2c1CCC(C)C2. The number of rotatable bonds is 4. The van der Waals surface area contributed by atoms with E-state index in [0.717, 1.165) is 12.6 Å². The molecule has 0 saturated carbocycles. The van der Waals surface area contributed by atoms with E-state index in [9.17, 15) is 21.6 Å². The van der Waals surface area contributed by atoms with E-state index in [4.69, 9.17) is 0 Å². The van der Waals surface area contributed by atoms with Crippen molar-refractivity contribution in [3.63, 3.8) is 0 Å². The number of hydrogen-bond acceptors (Lipinski definition) is 6. The van der Waals surface area contributed by atoms with Gasteiger partial charge in [-0.25, -0.2) is 18.4 Å². The number of alkyl halides is 3. The van der Waals surface area contributed by atoms with E-state index in [0.29, 0.717) is 30.2 Å². The summed E-state index contributed by atoms with van der Waals surface area (Å²) in [5, 5.41) is 4.56. The Morgan fingerprint density at radius 3 is 2.73 bits per heavy atom. The number of hydrogen-bond donors (Lipinski definition) is 0. The zero-order valence-electron chi connectivity index (χ0n) is 16.6. The fourth-order valence-corrected chi connectivity index (χ4v) is 5.54. The van der Waals surface area contributed by atoms with Gasteiger partial charge in [-0.3, -0.25) is 4.68 Å². The van der Waals surface area contributed by atoms with Crippen LogP contribution in [-0.4, -0.2) is 44.0 Å². The van der Waals surface area contributed by atoms with Gasteiger partial charge in [-0.2, -0.15) is 18.3 Å². The molecule has 162 valence electrons. The van der Waals surface area contributed by atoms with Gasteiger partial charge in [-0.15, -0.1) is 0 Å². The van der Waals surface area contributed by atoms with E-state index in [1.807, 2.05) is 0 Å². The first-order valence-corrected chi connectivity index (χ1v) is 11.9. The molecule has 1 aliphatic rings. The molecule has 3 aromatic rings. The highest BCUT2D eigenvalue weighted by Crippen LogP contribution is 2.38. The summed E-state index contributed by atoms with van der Waals surface area (Å²) < 4.78 is 67.2. The fraction of sp³-hybridized carbons (Fsp3) is 0.500. The molecule has 1 unspecified atom stereocenters. The smallest absolute Gasteiger partial charge is 0.310 e. The number of fused-ring (bicyclic) bond motifs is 2. The van der Waals surface area contributed by atoms with Crippen LogP contribution in [0.25, 0.3) is 22.7 Å². The predicted octanol–water partition coefficient (Wildman–Crippen LogP) is 3.82. The van der Waals surface area contributed by atoms with Crippen molar-refractivity contribution in [3.05, 3.63) is 18.0 Å². The van der Waals surface area contributed by atoms with Gasteiger partial charge in [-0.05, 0) is 36.6 Å². The van der Waals surface area contributed by atoms with E-state index in [2.05, 4.69) is 22.0 Å². The third-order valence-electron chi connectivity index (χ3n) is 5.19. The van der Waals surface area contributed by atoms with Crippen molar-refractivity contribution in [3.8, 4) is 11.5 Å². The minimum atomic E-state index is -4.44. The molecule has 0 aromatic carbocycles. The monoisotopic (exact) mass is 459 g/mol. The summed E-state index contributed by atoms with van der Waals surface area (Å²) in [6, 6.07) is 1.30. The van der Waals surface area contributed by atoms with Gasteiger partial charge in [0.2, 0.25) is 0 Å². The molecule has 0 N–H and O–H groups in total. The summed E-state index contributed by atoms with van der Waals surface area (Å²) in [7, 11) is -1.94. The molecule has 1 atom stereocenters. The molecule has 0 amide bonds. The lowest BCUT2D eigenvalue weighted by Gasteiger charge is -2.20. The van der Waals surface area contributed by atoms with Gasteiger partial charge >= 0.3 is 5.51 Å². The normalized spacial score (nSPS) is 17.5. The number of halogens is 3. The summed E-state index contributed by atoms with van der Waals surface area (Å²) in [4.78, 5) is 8.62. The molecular formula is C18H20F3N5O2S2. The quantitative estimate of drug-likeness (QED) is 0.552. The van der Waals surface area contributed by atoms with Gasteiger partial charge in [0, 0.05) is 24.7 Å². The Labute approximate surface area is 175 Å². The van der Waals surface area contributed by atoms with Crippen LogP contribution >= 0.6 is 11.8 Å². The van der Waals surface area contributed by atoms with Crippen molar-refractivity contribution in [1.29, 1.82) is 0 Å². The van der Waals surface area contributed by atoms with Crippen LogP contribution in [0.15, 0.2) is 22.1 Å². The highest BCUT2D eigenvalue weighted by molar-refractivity contribution is 8.00. The number of aryl methyl sites for hydroxylation is 1. The maximum atomic E-state index is 12.9. The first-order chi connectivity index (χ1) is 14.0. The largest absolute Gasteiger partial charge is 0.446 e. The minimum absolute atomic E-state index is 0.0805. The lowest BCUT2D eigenvalue weighted by molar-refractivity contribution is -0.0328. The molecule has 0 saturated heterocycles. The number of thioether (sulfide) groups is 1. The van der Waals surface area contributed by atoms with Crippen LogP contribution in [0.5, 0.6) is 0 Å². The molecule has 0 bridgehead atoms. The van der Waals surface area contributed by atoms with E-state index in [-0.39, 0.29) is 44.3 Å². The summed E-state index contributed by atoms with van der Waals surface area (Å²) in [5.41, 5.74) is -2.93. The van der Waals surface area contributed by atoms with Crippen LogP contribution in [0.4, 0.5) is 13.2 Å². The van der Waals surface area contributed by atoms with Crippen molar-refractivity contribution >= 4 is 32.8 Å². The van der Waals surface area contributed by atoms with E-state index in [1.54, 1.807) is 23.2 Å². The molecule has 12 heteroatoms. The number of imidazole rings is 1. The van der Waals surface area contributed by atoms with Gasteiger partial charge in [0.15, 0.2) is 21.3 Å².